The molecule has 0 radical (unpaired) electrons. The minimum Gasteiger partial charge on any atom is -0.463 e. The zero-order valence-corrected chi connectivity index (χ0v) is 10.1. The average molecular weight is 220 g/mol. The fourth-order valence-corrected chi connectivity index (χ4v) is 2.12. The van der Waals surface area contributed by atoms with Crippen molar-refractivity contribution >= 4 is 0 Å². The molecular formula is C13H20N2O. The normalized spacial score (nSPS) is 17.5. The van der Waals surface area contributed by atoms with Crippen molar-refractivity contribution in [1.29, 1.82) is 0 Å². The Bertz CT molecular complexity index is 368. The molecule has 0 unspecified atom stereocenters. The first-order valence-electron chi connectivity index (χ1n) is 5.88. The molecule has 1 aliphatic heterocycles. The highest BCUT2D eigenvalue weighted by atomic mass is 16.3. The monoisotopic (exact) mass is 220 g/mol. The molecule has 0 spiro atoms. The molecule has 0 saturated carbocycles. The zero-order valence-electron chi connectivity index (χ0n) is 10.1. The maximum atomic E-state index is 5.74. The summed E-state index contributed by atoms with van der Waals surface area (Å²) in [7, 11) is 1.93. The summed E-state index contributed by atoms with van der Waals surface area (Å²) in [4.78, 5) is 2.43. The quantitative estimate of drug-likeness (QED) is 0.788. The highest BCUT2D eigenvalue weighted by Gasteiger charge is 2.12. The van der Waals surface area contributed by atoms with Crippen LogP contribution in [0.2, 0.25) is 0 Å². The molecule has 1 N–H and O–H groups in total. The largest absolute Gasteiger partial charge is 0.463 e. The fraction of sp³-hybridized carbons (Fsp3) is 0.538. The lowest BCUT2D eigenvalue weighted by Gasteiger charge is -2.24. The van der Waals surface area contributed by atoms with Crippen molar-refractivity contribution < 1.29 is 4.42 Å². The highest BCUT2D eigenvalue weighted by Crippen LogP contribution is 2.15. The molecule has 3 heteroatoms. The van der Waals surface area contributed by atoms with Crippen molar-refractivity contribution in [3.8, 4) is 0 Å². The minimum absolute atomic E-state index is 0.804. The molecule has 0 saturated heterocycles. The van der Waals surface area contributed by atoms with Gasteiger partial charge in [-0.2, -0.15) is 0 Å². The van der Waals surface area contributed by atoms with Gasteiger partial charge in [-0.3, -0.25) is 4.90 Å². The van der Waals surface area contributed by atoms with Crippen LogP contribution in [0.4, 0.5) is 0 Å². The number of hydrogen-bond acceptors (Lipinski definition) is 3. The number of rotatable bonds is 4. The van der Waals surface area contributed by atoms with E-state index in [1.165, 1.54) is 5.57 Å². The third kappa shape index (κ3) is 2.97. The molecule has 2 rings (SSSR count). The van der Waals surface area contributed by atoms with Crippen LogP contribution in [-0.4, -0.2) is 25.0 Å². The van der Waals surface area contributed by atoms with Crippen molar-refractivity contribution in [3.63, 3.8) is 0 Å². The van der Waals surface area contributed by atoms with E-state index in [9.17, 15) is 0 Å². The lowest BCUT2D eigenvalue weighted by molar-refractivity contribution is 0.254. The summed E-state index contributed by atoms with van der Waals surface area (Å²) in [5.74, 6) is 2.08. The molecule has 1 aromatic heterocycles. The van der Waals surface area contributed by atoms with Gasteiger partial charge in [-0.1, -0.05) is 11.6 Å². The van der Waals surface area contributed by atoms with Crippen molar-refractivity contribution in [2.45, 2.75) is 26.4 Å². The SMILES string of the molecule is CNCc1ccc(CN2CCC=C(C)C2)o1. The fourth-order valence-electron chi connectivity index (χ4n) is 2.12. The van der Waals surface area contributed by atoms with Crippen LogP contribution < -0.4 is 5.32 Å². The van der Waals surface area contributed by atoms with Gasteiger partial charge < -0.3 is 9.73 Å². The molecule has 0 atom stereocenters. The van der Waals surface area contributed by atoms with Gasteiger partial charge in [0.25, 0.3) is 0 Å². The second kappa shape index (κ2) is 5.32. The lowest BCUT2D eigenvalue weighted by Crippen LogP contribution is -2.28. The molecule has 0 amide bonds. The van der Waals surface area contributed by atoms with E-state index in [2.05, 4.69) is 35.3 Å². The van der Waals surface area contributed by atoms with Crippen LogP contribution in [0.3, 0.4) is 0 Å². The molecule has 88 valence electrons. The van der Waals surface area contributed by atoms with Gasteiger partial charge in [-0.25, -0.2) is 0 Å². The van der Waals surface area contributed by atoms with Crippen molar-refractivity contribution in [3.05, 3.63) is 35.3 Å². The summed E-state index contributed by atoms with van der Waals surface area (Å²) in [5.41, 5.74) is 1.47. The summed E-state index contributed by atoms with van der Waals surface area (Å²) in [6.45, 7) is 6.13. The summed E-state index contributed by atoms with van der Waals surface area (Å²) in [6.07, 6.45) is 3.49. The van der Waals surface area contributed by atoms with Gasteiger partial charge in [0.05, 0.1) is 13.1 Å². The number of nitrogens with one attached hydrogen (secondary N) is 1. The maximum Gasteiger partial charge on any atom is 0.118 e. The van der Waals surface area contributed by atoms with E-state index in [4.69, 9.17) is 4.42 Å². The average Bonchev–Trinajstić information content (AvgIpc) is 2.66. The zero-order chi connectivity index (χ0) is 11.4. The molecule has 0 bridgehead atoms. The molecular weight excluding hydrogens is 200 g/mol. The molecule has 0 fully saturated rings. The Hall–Kier alpha value is -1.06. The first-order chi connectivity index (χ1) is 7.78. The number of furan rings is 1. The summed E-state index contributed by atoms with van der Waals surface area (Å²) >= 11 is 0. The predicted octanol–water partition coefficient (Wildman–Crippen LogP) is 2.15. The molecule has 1 aromatic rings. The molecule has 16 heavy (non-hydrogen) atoms. The Morgan fingerprint density at radius 2 is 2.19 bits per heavy atom. The Balaban J connectivity index is 1.91. The van der Waals surface area contributed by atoms with Gasteiger partial charge in [-0.05, 0) is 32.5 Å². The van der Waals surface area contributed by atoms with Crippen LogP contribution in [0.15, 0.2) is 28.2 Å². The van der Waals surface area contributed by atoms with Crippen LogP contribution in [0.1, 0.15) is 24.9 Å². The first-order valence-corrected chi connectivity index (χ1v) is 5.88. The lowest BCUT2D eigenvalue weighted by atomic mass is 10.1. The number of nitrogens with zero attached hydrogens (tertiary/aromatic N) is 1. The van der Waals surface area contributed by atoms with Gasteiger partial charge in [0.2, 0.25) is 0 Å². The standard InChI is InChI=1S/C13H20N2O/c1-11-4-3-7-15(9-11)10-13-6-5-12(16-13)8-14-2/h4-6,14H,3,7-10H2,1-2H3. The minimum atomic E-state index is 0.804. The Labute approximate surface area is 97.1 Å². The van der Waals surface area contributed by atoms with E-state index in [1.54, 1.807) is 0 Å². The van der Waals surface area contributed by atoms with E-state index in [0.717, 1.165) is 44.1 Å². The van der Waals surface area contributed by atoms with Crippen LogP contribution >= 0.6 is 0 Å². The van der Waals surface area contributed by atoms with E-state index in [-0.39, 0.29) is 0 Å². The van der Waals surface area contributed by atoms with Gasteiger partial charge in [0.15, 0.2) is 0 Å². The van der Waals surface area contributed by atoms with Crippen LogP contribution in [0.25, 0.3) is 0 Å². The van der Waals surface area contributed by atoms with Crippen molar-refractivity contribution in [2.75, 3.05) is 20.1 Å². The summed E-state index contributed by atoms with van der Waals surface area (Å²) < 4.78 is 5.74. The second-order valence-corrected chi connectivity index (χ2v) is 4.45. The van der Waals surface area contributed by atoms with Gasteiger partial charge in [0.1, 0.15) is 11.5 Å². The first kappa shape index (κ1) is 11.4. The van der Waals surface area contributed by atoms with Crippen LogP contribution in [0.5, 0.6) is 0 Å². The highest BCUT2D eigenvalue weighted by molar-refractivity contribution is 5.09. The van der Waals surface area contributed by atoms with E-state index in [0.29, 0.717) is 0 Å². The van der Waals surface area contributed by atoms with Crippen molar-refractivity contribution in [2.24, 2.45) is 0 Å². The predicted molar refractivity (Wildman–Crippen MR) is 65.1 cm³/mol. The molecule has 3 nitrogen and oxygen atoms in total. The smallest absolute Gasteiger partial charge is 0.118 e. The second-order valence-electron chi connectivity index (χ2n) is 4.45. The van der Waals surface area contributed by atoms with Crippen LogP contribution in [-0.2, 0) is 13.1 Å². The third-order valence-electron chi connectivity index (χ3n) is 2.86. The molecule has 2 heterocycles. The van der Waals surface area contributed by atoms with E-state index >= 15 is 0 Å². The van der Waals surface area contributed by atoms with Crippen molar-refractivity contribution in [1.82, 2.24) is 10.2 Å². The molecule has 0 aliphatic carbocycles. The van der Waals surface area contributed by atoms with Gasteiger partial charge in [0, 0.05) is 13.1 Å². The van der Waals surface area contributed by atoms with Gasteiger partial charge in [-0.15, -0.1) is 0 Å². The molecule has 1 aliphatic rings. The maximum absolute atomic E-state index is 5.74. The third-order valence-corrected chi connectivity index (χ3v) is 2.86. The van der Waals surface area contributed by atoms with E-state index in [1.807, 2.05) is 7.05 Å². The number of hydrogen-bond donors (Lipinski definition) is 1. The Morgan fingerprint density at radius 3 is 2.94 bits per heavy atom. The summed E-state index contributed by atoms with van der Waals surface area (Å²) in [5, 5.41) is 3.09. The Morgan fingerprint density at radius 1 is 1.38 bits per heavy atom. The Kier molecular flexibility index (Phi) is 3.80. The van der Waals surface area contributed by atoms with Crippen LogP contribution in [0, 0.1) is 0 Å². The van der Waals surface area contributed by atoms with E-state index < -0.39 is 0 Å². The summed E-state index contributed by atoms with van der Waals surface area (Å²) in [6, 6.07) is 4.14. The van der Waals surface area contributed by atoms with Gasteiger partial charge >= 0.3 is 0 Å². The molecule has 0 aromatic carbocycles. The topological polar surface area (TPSA) is 28.4 Å².